The number of rotatable bonds is 5. The summed E-state index contributed by atoms with van der Waals surface area (Å²) in [6.45, 7) is 3.59. The summed E-state index contributed by atoms with van der Waals surface area (Å²) in [5.41, 5.74) is -0.0708. The van der Waals surface area contributed by atoms with E-state index in [0.717, 1.165) is 6.07 Å². The van der Waals surface area contributed by atoms with Gasteiger partial charge in [0, 0.05) is 6.20 Å². The van der Waals surface area contributed by atoms with Crippen LogP contribution >= 0.6 is 0 Å². The van der Waals surface area contributed by atoms with Crippen molar-refractivity contribution < 1.29 is 14.4 Å². The number of benzene rings is 1. The minimum atomic E-state index is -0.757. The number of pyridine rings is 1. The number of nitrogens with zero attached hydrogens (tertiary/aromatic N) is 2. The molecule has 2 N–H and O–H groups in total. The molecule has 0 spiro atoms. The van der Waals surface area contributed by atoms with Crippen molar-refractivity contribution in [1.29, 1.82) is 0 Å². The standard InChI is InChI=1S/C14H16FN3O3/c1-8(2)11(7-19)17-14-10(15)6-12(18(20)21)9-4-3-5-16-13(9)14/h3-6,8,11,17,19H,7H2,1-2H3/t11-/m1/s1. The van der Waals surface area contributed by atoms with Crippen LogP contribution in [0.3, 0.4) is 0 Å². The molecule has 21 heavy (non-hydrogen) atoms. The van der Waals surface area contributed by atoms with E-state index in [4.69, 9.17) is 0 Å². The average molecular weight is 293 g/mol. The largest absolute Gasteiger partial charge is 0.394 e. The van der Waals surface area contributed by atoms with Gasteiger partial charge < -0.3 is 10.4 Å². The van der Waals surface area contributed by atoms with Gasteiger partial charge in [0.1, 0.15) is 5.52 Å². The number of aliphatic hydroxyl groups excluding tert-OH is 1. The molecule has 6 nitrogen and oxygen atoms in total. The predicted octanol–water partition coefficient (Wildman–Crippen LogP) is 2.71. The van der Waals surface area contributed by atoms with E-state index in [2.05, 4.69) is 10.3 Å². The predicted molar refractivity (Wildman–Crippen MR) is 77.7 cm³/mol. The highest BCUT2D eigenvalue weighted by Gasteiger charge is 2.22. The van der Waals surface area contributed by atoms with E-state index in [1.54, 1.807) is 6.07 Å². The molecule has 1 aromatic heterocycles. The number of non-ortho nitro benzene ring substituents is 1. The Labute approximate surface area is 120 Å². The van der Waals surface area contributed by atoms with Crippen molar-refractivity contribution in [3.05, 3.63) is 40.3 Å². The van der Waals surface area contributed by atoms with Crippen LogP contribution in [0, 0.1) is 21.8 Å². The van der Waals surface area contributed by atoms with Gasteiger partial charge >= 0.3 is 0 Å². The van der Waals surface area contributed by atoms with Crippen LogP contribution < -0.4 is 5.32 Å². The van der Waals surface area contributed by atoms with Crippen molar-refractivity contribution in [1.82, 2.24) is 4.98 Å². The number of hydrogen-bond acceptors (Lipinski definition) is 5. The number of fused-ring (bicyclic) bond motifs is 1. The normalized spacial score (nSPS) is 12.6. The van der Waals surface area contributed by atoms with Crippen LogP contribution in [-0.4, -0.2) is 27.7 Å². The van der Waals surface area contributed by atoms with E-state index in [0.29, 0.717) is 0 Å². The number of aromatic nitrogens is 1. The molecule has 7 heteroatoms. The third-order valence-electron chi connectivity index (χ3n) is 3.35. The fourth-order valence-corrected chi connectivity index (χ4v) is 2.09. The van der Waals surface area contributed by atoms with Crippen molar-refractivity contribution in [2.75, 3.05) is 11.9 Å². The number of hydrogen-bond donors (Lipinski definition) is 2. The number of nitro groups is 1. The lowest BCUT2D eigenvalue weighted by molar-refractivity contribution is -0.383. The van der Waals surface area contributed by atoms with Crippen LogP contribution in [-0.2, 0) is 0 Å². The van der Waals surface area contributed by atoms with Crippen LogP contribution in [0.5, 0.6) is 0 Å². The minimum absolute atomic E-state index is 0.0587. The first-order valence-corrected chi connectivity index (χ1v) is 6.54. The number of nitro benzene ring substituents is 1. The van der Waals surface area contributed by atoms with Crippen molar-refractivity contribution >= 4 is 22.3 Å². The van der Waals surface area contributed by atoms with Crippen molar-refractivity contribution in [3.63, 3.8) is 0 Å². The van der Waals surface area contributed by atoms with Gasteiger partial charge in [-0.2, -0.15) is 0 Å². The van der Waals surface area contributed by atoms with Crippen molar-refractivity contribution in [2.24, 2.45) is 5.92 Å². The molecule has 1 aromatic carbocycles. The van der Waals surface area contributed by atoms with E-state index in [-0.39, 0.29) is 40.8 Å². The second-order valence-corrected chi connectivity index (χ2v) is 5.09. The van der Waals surface area contributed by atoms with Crippen molar-refractivity contribution in [2.45, 2.75) is 19.9 Å². The SMILES string of the molecule is CC(C)[C@@H](CO)Nc1c(F)cc([N+](=O)[O-])c2cccnc12. The first kappa shape index (κ1) is 15.1. The summed E-state index contributed by atoms with van der Waals surface area (Å²) in [4.78, 5) is 14.4. The summed E-state index contributed by atoms with van der Waals surface area (Å²) in [7, 11) is 0. The van der Waals surface area contributed by atoms with Crippen molar-refractivity contribution in [3.8, 4) is 0 Å². The van der Waals surface area contributed by atoms with Gasteiger partial charge in [-0.3, -0.25) is 15.1 Å². The van der Waals surface area contributed by atoms with Gasteiger partial charge in [0.05, 0.1) is 34.7 Å². The number of aliphatic hydroxyl groups is 1. The molecule has 112 valence electrons. The fourth-order valence-electron chi connectivity index (χ4n) is 2.09. The van der Waals surface area contributed by atoms with Crippen LogP contribution in [0.25, 0.3) is 10.9 Å². The molecule has 0 radical (unpaired) electrons. The average Bonchev–Trinajstić information content (AvgIpc) is 2.45. The Hall–Kier alpha value is -2.28. The highest BCUT2D eigenvalue weighted by atomic mass is 19.1. The summed E-state index contributed by atoms with van der Waals surface area (Å²) < 4.78 is 14.2. The van der Waals surface area contributed by atoms with Crippen LogP contribution in [0.15, 0.2) is 24.4 Å². The topological polar surface area (TPSA) is 88.3 Å². The smallest absolute Gasteiger partial charge is 0.281 e. The van der Waals surface area contributed by atoms with E-state index in [9.17, 15) is 19.6 Å². The van der Waals surface area contributed by atoms with Gasteiger partial charge in [0.15, 0.2) is 5.82 Å². The van der Waals surface area contributed by atoms with Gasteiger partial charge in [0.25, 0.3) is 5.69 Å². The molecule has 0 amide bonds. The molecule has 0 bridgehead atoms. The molecule has 2 aromatic rings. The molecule has 0 aliphatic carbocycles. The maximum absolute atomic E-state index is 14.2. The zero-order valence-electron chi connectivity index (χ0n) is 11.7. The van der Waals surface area contributed by atoms with Gasteiger partial charge in [-0.1, -0.05) is 13.8 Å². The molecule has 0 aliphatic heterocycles. The molecule has 0 saturated carbocycles. The maximum atomic E-state index is 14.2. The number of anilines is 1. The quantitative estimate of drug-likeness (QED) is 0.653. The summed E-state index contributed by atoms with van der Waals surface area (Å²) in [6.07, 6.45) is 1.44. The lowest BCUT2D eigenvalue weighted by Gasteiger charge is -2.22. The zero-order chi connectivity index (χ0) is 15.6. The summed E-state index contributed by atoms with van der Waals surface area (Å²) >= 11 is 0. The van der Waals surface area contributed by atoms with E-state index in [1.165, 1.54) is 12.3 Å². The molecule has 0 aliphatic rings. The molecule has 0 unspecified atom stereocenters. The summed E-state index contributed by atoms with van der Waals surface area (Å²) in [5.74, 6) is -0.699. The van der Waals surface area contributed by atoms with Gasteiger partial charge in [0.2, 0.25) is 0 Å². The van der Waals surface area contributed by atoms with Gasteiger partial charge in [-0.15, -0.1) is 0 Å². The Morgan fingerprint density at radius 1 is 1.52 bits per heavy atom. The zero-order valence-corrected chi connectivity index (χ0v) is 11.7. The Kier molecular flexibility index (Phi) is 4.32. The monoisotopic (exact) mass is 293 g/mol. The minimum Gasteiger partial charge on any atom is -0.394 e. The first-order chi connectivity index (χ1) is 9.95. The van der Waals surface area contributed by atoms with Crippen LogP contribution in [0.2, 0.25) is 0 Å². The lowest BCUT2D eigenvalue weighted by atomic mass is 10.0. The fraction of sp³-hybridized carbons (Fsp3) is 0.357. The Balaban J connectivity index is 2.62. The highest BCUT2D eigenvalue weighted by Crippen LogP contribution is 2.33. The maximum Gasteiger partial charge on any atom is 0.281 e. The van der Waals surface area contributed by atoms with Crippen LogP contribution in [0.4, 0.5) is 15.8 Å². The molecule has 2 rings (SSSR count). The second kappa shape index (κ2) is 6.01. The number of nitrogens with one attached hydrogen (secondary N) is 1. The molecule has 0 fully saturated rings. The molecular formula is C14H16FN3O3. The van der Waals surface area contributed by atoms with Gasteiger partial charge in [-0.25, -0.2) is 4.39 Å². The second-order valence-electron chi connectivity index (χ2n) is 5.09. The van der Waals surface area contributed by atoms with E-state index < -0.39 is 10.7 Å². The lowest BCUT2D eigenvalue weighted by Crippen LogP contribution is -2.30. The van der Waals surface area contributed by atoms with Gasteiger partial charge in [-0.05, 0) is 18.1 Å². The van der Waals surface area contributed by atoms with E-state index in [1.807, 2.05) is 13.8 Å². The highest BCUT2D eigenvalue weighted by molar-refractivity contribution is 5.97. The molecular weight excluding hydrogens is 277 g/mol. The third kappa shape index (κ3) is 2.92. The molecule has 0 saturated heterocycles. The first-order valence-electron chi connectivity index (χ1n) is 6.54. The Morgan fingerprint density at radius 2 is 2.24 bits per heavy atom. The molecule has 1 atom stereocenters. The third-order valence-corrected chi connectivity index (χ3v) is 3.35. The van der Waals surface area contributed by atoms with E-state index >= 15 is 0 Å². The summed E-state index contributed by atoms with van der Waals surface area (Å²) in [5, 5.41) is 23.5. The summed E-state index contributed by atoms with van der Waals surface area (Å²) in [6, 6.07) is 3.59. The Bertz CT molecular complexity index is 676. The Morgan fingerprint density at radius 3 is 2.81 bits per heavy atom. The van der Waals surface area contributed by atoms with Crippen LogP contribution in [0.1, 0.15) is 13.8 Å². The molecule has 1 heterocycles. The number of halogens is 1.